The van der Waals surface area contributed by atoms with Gasteiger partial charge in [-0.25, -0.2) is 22.0 Å². The zero-order valence-corrected chi connectivity index (χ0v) is 21.5. The normalized spacial score (nSPS) is 17.9. The molecule has 0 rings (SSSR count). The maximum Gasteiger partial charge on any atom is 0.383 e. The first kappa shape index (κ1) is 37.6. The van der Waals surface area contributed by atoms with Crippen molar-refractivity contribution < 1.29 is 70.2 Å². The van der Waals surface area contributed by atoms with Gasteiger partial charge in [-0.15, -0.1) is 0 Å². The van der Waals surface area contributed by atoms with E-state index in [1.165, 1.54) is 0 Å². The molecule has 0 radical (unpaired) electrons. The van der Waals surface area contributed by atoms with E-state index in [0.717, 1.165) is 0 Å². The molecular weight excluding hydrogens is 720 g/mol. The molecule has 0 spiro atoms. The lowest BCUT2D eigenvalue weighted by Crippen LogP contribution is -2.74. The van der Waals surface area contributed by atoms with E-state index in [9.17, 15) is 70.2 Å². The van der Waals surface area contributed by atoms with Crippen LogP contribution in [-0.4, -0.2) is 60.6 Å². The minimum atomic E-state index is -8.13. The van der Waals surface area contributed by atoms with E-state index >= 15 is 0 Å². The molecule has 0 saturated carbocycles. The third-order valence-electron chi connectivity index (χ3n) is 4.37. The first-order valence-electron chi connectivity index (χ1n) is 8.14. The van der Waals surface area contributed by atoms with Gasteiger partial charge in [-0.3, -0.25) is 4.39 Å². The topological polar surface area (TPSA) is 0 Å². The molecule has 0 amide bonds. The lowest BCUT2D eigenvalue weighted by Gasteiger charge is -2.50. The molecule has 37 heavy (non-hydrogen) atoms. The standard InChI is InChI=1S/C14H5Cl7F16/c15-8(16,6(27,28)1-2-22)9(17,18)10(19,20)11(21,31)13(34,35)14(36,37)12(32,33)7(29,30)4(24)3(23)5(25)26/h4H,1-2H2. The van der Waals surface area contributed by atoms with E-state index < -0.39 is 78.9 Å². The molecule has 0 aromatic heterocycles. The predicted octanol–water partition coefficient (Wildman–Crippen LogP) is 10.4. The Morgan fingerprint density at radius 3 is 1.27 bits per heavy atom. The minimum absolute atomic E-state index is 2.08. The van der Waals surface area contributed by atoms with Crippen molar-refractivity contribution in [3.8, 4) is 0 Å². The van der Waals surface area contributed by atoms with Gasteiger partial charge in [0.15, 0.2) is 4.33 Å². The molecule has 222 valence electrons. The van der Waals surface area contributed by atoms with Crippen molar-refractivity contribution >= 4 is 81.2 Å². The molecule has 0 aliphatic heterocycles. The highest BCUT2D eigenvalue weighted by Crippen LogP contribution is 2.70. The summed E-state index contributed by atoms with van der Waals surface area (Å²) in [6, 6.07) is 0. The van der Waals surface area contributed by atoms with Gasteiger partial charge in [0.2, 0.25) is 20.7 Å². The highest BCUT2D eigenvalue weighted by atomic mass is 35.5. The van der Waals surface area contributed by atoms with Crippen LogP contribution in [0.3, 0.4) is 0 Å². The van der Waals surface area contributed by atoms with Gasteiger partial charge in [-0.1, -0.05) is 81.2 Å². The number of rotatable bonds is 12. The molecule has 0 fully saturated rings. The van der Waals surface area contributed by atoms with Gasteiger partial charge in [-0.2, -0.15) is 43.9 Å². The second-order valence-corrected chi connectivity index (χ2v) is 11.3. The molecule has 0 bridgehead atoms. The highest BCUT2D eigenvalue weighted by molar-refractivity contribution is 6.71. The largest absolute Gasteiger partial charge is 0.383 e. The fourth-order valence-corrected chi connectivity index (χ4v) is 4.20. The molecule has 0 nitrogen and oxygen atoms in total. The van der Waals surface area contributed by atoms with Crippen LogP contribution in [0.4, 0.5) is 70.2 Å². The van der Waals surface area contributed by atoms with Crippen molar-refractivity contribution in [2.24, 2.45) is 0 Å². The van der Waals surface area contributed by atoms with Gasteiger partial charge >= 0.3 is 29.8 Å². The third-order valence-corrected chi connectivity index (χ3v) is 9.20. The van der Waals surface area contributed by atoms with E-state index in [-0.39, 0.29) is 0 Å². The Bertz CT molecular complexity index is 866. The second-order valence-electron chi connectivity index (χ2n) is 6.76. The van der Waals surface area contributed by atoms with E-state index in [2.05, 4.69) is 11.6 Å². The molecule has 0 heterocycles. The molecule has 2 unspecified atom stereocenters. The van der Waals surface area contributed by atoms with Crippen molar-refractivity contribution in [2.75, 3.05) is 6.67 Å². The van der Waals surface area contributed by atoms with Crippen LogP contribution in [0.2, 0.25) is 0 Å². The molecular formula is C14H5Cl7F16. The summed E-state index contributed by atoms with van der Waals surface area (Å²) in [6.07, 6.45) is -12.0. The number of halogens is 23. The van der Waals surface area contributed by atoms with Gasteiger partial charge < -0.3 is 0 Å². The summed E-state index contributed by atoms with van der Waals surface area (Å²) in [5.74, 6) is -40.7. The van der Waals surface area contributed by atoms with E-state index in [1.807, 2.05) is 0 Å². The highest BCUT2D eigenvalue weighted by Gasteiger charge is 2.91. The maximum atomic E-state index is 14.9. The molecule has 0 N–H and O–H groups in total. The third kappa shape index (κ3) is 5.35. The van der Waals surface area contributed by atoms with Gasteiger partial charge in [0.25, 0.3) is 11.1 Å². The Morgan fingerprint density at radius 2 is 0.946 bits per heavy atom. The second kappa shape index (κ2) is 10.8. The average molecular weight is 725 g/mol. The van der Waals surface area contributed by atoms with Gasteiger partial charge in [0.05, 0.1) is 6.67 Å². The van der Waals surface area contributed by atoms with Crippen LogP contribution in [0.1, 0.15) is 6.42 Å². The maximum absolute atomic E-state index is 14.9. The molecule has 0 aliphatic carbocycles. The number of allylic oxidation sites excluding steroid dienone is 1. The lowest BCUT2D eigenvalue weighted by molar-refractivity contribution is -0.387. The molecule has 0 saturated heterocycles. The first-order valence-corrected chi connectivity index (χ1v) is 10.8. The van der Waals surface area contributed by atoms with Crippen LogP contribution in [0.5, 0.6) is 0 Å². The van der Waals surface area contributed by atoms with Gasteiger partial charge in [-0.05, 0) is 0 Å². The van der Waals surface area contributed by atoms with Gasteiger partial charge in [0, 0.05) is 6.42 Å². The van der Waals surface area contributed by atoms with Crippen LogP contribution in [0.15, 0.2) is 11.9 Å². The van der Waals surface area contributed by atoms with Crippen molar-refractivity contribution in [1.29, 1.82) is 0 Å². The molecule has 0 aromatic carbocycles. The van der Waals surface area contributed by atoms with Crippen LogP contribution < -0.4 is 0 Å². The van der Waals surface area contributed by atoms with Crippen LogP contribution >= 0.6 is 81.2 Å². The van der Waals surface area contributed by atoms with Crippen molar-refractivity contribution in [2.45, 2.75) is 60.3 Å². The Labute approximate surface area is 230 Å². The van der Waals surface area contributed by atoms with Crippen molar-refractivity contribution in [3.63, 3.8) is 0 Å². The monoisotopic (exact) mass is 722 g/mol. The first-order chi connectivity index (χ1) is 15.8. The Balaban J connectivity index is 7.08. The quantitative estimate of drug-likeness (QED) is 0.139. The van der Waals surface area contributed by atoms with Gasteiger partial charge in [0.1, 0.15) is 0 Å². The summed E-state index contributed by atoms with van der Waals surface area (Å²) in [5, 5.41) is -6.55. The minimum Gasteiger partial charge on any atom is -0.251 e. The number of hydrogen-bond acceptors (Lipinski definition) is 0. The smallest absolute Gasteiger partial charge is 0.251 e. The van der Waals surface area contributed by atoms with Crippen LogP contribution in [0, 0.1) is 0 Å². The molecule has 0 aliphatic rings. The number of hydrogen-bond donors (Lipinski definition) is 0. The zero-order chi connectivity index (χ0) is 30.6. The number of alkyl halides is 20. The summed E-state index contributed by atoms with van der Waals surface area (Å²) >= 11 is 34.6. The summed E-state index contributed by atoms with van der Waals surface area (Å²) < 4.78 is 202. The molecule has 2 atom stereocenters. The summed E-state index contributed by atoms with van der Waals surface area (Å²) in [7, 11) is 0. The van der Waals surface area contributed by atoms with Crippen molar-refractivity contribution in [1.82, 2.24) is 0 Å². The average Bonchev–Trinajstić information content (AvgIpc) is 2.71. The summed E-state index contributed by atoms with van der Waals surface area (Å²) in [4.78, 5) is 0. The van der Waals surface area contributed by atoms with Crippen LogP contribution in [0.25, 0.3) is 0 Å². The van der Waals surface area contributed by atoms with E-state index in [0.29, 0.717) is 0 Å². The SMILES string of the molecule is FCCC(F)(F)C(Cl)(Cl)C(Cl)(Cl)C(Cl)(Cl)C(F)(Cl)C(F)(F)C(F)(F)C(F)(F)C(F)(F)C(F)C(F)=C(F)F. The Morgan fingerprint density at radius 1 is 0.568 bits per heavy atom. The van der Waals surface area contributed by atoms with E-state index in [4.69, 9.17) is 69.6 Å². The van der Waals surface area contributed by atoms with Crippen LogP contribution in [-0.2, 0) is 0 Å². The zero-order valence-electron chi connectivity index (χ0n) is 16.2. The van der Waals surface area contributed by atoms with Crippen molar-refractivity contribution in [3.05, 3.63) is 11.9 Å². The Kier molecular flexibility index (Phi) is 11.0. The molecule has 0 aromatic rings. The predicted molar refractivity (Wildman–Crippen MR) is 104 cm³/mol. The fraction of sp³-hybridized carbons (Fsp3) is 0.857. The lowest BCUT2D eigenvalue weighted by atomic mass is 9.89. The Hall–Kier alpha value is 0.650. The summed E-state index contributed by atoms with van der Waals surface area (Å²) in [6.45, 7) is -2.08. The molecule has 23 heteroatoms. The summed E-state index contributed by atoms with van der Waals surface area (Å²) in [5.41, 5.74) is 0. The van der Waals surface area contributed by atoms with E-state index in [1.54, 1.807) is 0 Å². The fourth-order valence-electron chi connectivity index (χ4n) is 2.11.